The van der Waals surface area contributed by atoms with Crippen LogP contribution < -0.4 is 11.1 Å². The van der Waals surface area contributed by atoms with Crippen LogP contribution in [0.2, 0.25) is 0 Å². The van der Waals surface area contributed by atoms with Crippen LogP contribution in [-0.4, -0.2) is 22.6 Å². The number of aromatic nitrogens is 2. The third kappa shape index (κ3) is 1.95. The van der Waals surface area contributed by atoms with Gasteiger partial charge in [0.1, 0.15) is 0 Å². The molecule has 0 spiro atoms. The molecule has 0 atom stereocenters. The minimum Gasteiger partial charge on any atom is -0.399 e. The number of nitrogens with zero attached hydrogens (tertiary/aromatic N) is 1. The first-order valence-electron chi connectivity index (χ1n) is 5.76. The van der Waals surface area contributed by atoms with Gasteiger partial charge in [0.25, 0.3) is 5.91 Å². The average molecular weight is 230 g/mol. The molecule has 1 aromatic carbocycles. The number of amides is 1. The van der Waals surface area contributed by atoms with E-state index < -0.39 is 0 Å². The number of hydrogen-bond acceptors (Lipinski definition) is 3. The first kappa shape index (κ1) is 10.1. The van der Waals surface area contributed by atoms with Gasteiger partial charge in [0.15, 0.2) is 5.69 Å². The Morgan fingerprint density at radius 1 is 1.53 bits per heavy atom. The summed E-state index contributed by atoms with van der Waals surface area (Å²) in [6.45, 7) is 0.746. The van der Waals surface area contributed by atoms with Gasteiger partial charge in [0.2, 0.25) is 0 Å². The molecule has 1 saturated carbocycles. The maximum atomic E-state index is 11.9. The lowest BCUT2D eigenvalue weighted by atomic mass is 10.2. The number of carbonyl (C=O) groups excluding carboxylic acids is 1. The summed E-state index contributed by atoms with van der Waals surface area (Å²) in [6, 6.07) is 5.38. The maximum Gasteiger partial charge on any atom is 0.272 e. The minimum atomic E-state index is -0.131. The number of nitrogens with one attached hydrogen (secondary N) is 2. The number of rotatable bonds is 3. The molecule has 3 rings (SSSR count). The molecule has 0 aliphatic heterocycles. The second-order valence-electron chi connectivity index (χ2n) is 4.53. The number of carbonyl (C=O) groups is 1. The first-order valence-corrected chi connectivity index (χ1v) is 5.76. The molecule has 4 N–H and O–H groups in total. The van der Waals surface area contributed by atoms with Crippen LogP contribution >= 0.6 is 0 Å². The number of nitrogen functional groups attached to an aromatic ring is 1. The van der Waals surface area contributed by atoms with Gasteiger partial charge >= 0.3 is 0 Å². The molecule has 1 heterocycles. The molecule has 5 nitrogen and oxygen atoms in total. The second-order valence-corrected chi connectivity index (χ2v) is 4.53. The number of benzene rings is 1. The Morgan fingerprint density at radius 2 is 2.35 bits per heavy atom. The standard InChI is InChI=1S/C12H14N4O/c13-8-3-4-10-9(5-8)11(16-15-10)12(17)14-6-7-1-2-7/h3-5,7H,1-2,6,13H2,(H,14,17)(H,15,16). The highest BCUT2D eigenvalue weighted by atomic mass is 16.1. The van der Waals surface area contributed by atoms with Gasteiger partial charge in [0, 0.05) is 17.6 Å². The van der Waals surface area contributed by atoms with Crippen LogP contribution in [-0.2, 0) is 0 Å². The van der Waals surface area contributed by atoms with Crippen molar-refractivity contribution in [2.75, 3.05) is 12.3 Å². The molecule has 0 radical (unpaired) electrons. The zero-order valence-electron chi connectivity index (χ0n) is 9.36. The van der Waals surface area contributed by atoms with Crippen molar-refractivity contribution in [2.45, 2.75) is 12.8 Å². The lowest BCUT2D eigenvalue weighted by Gasteiger charge is -2.01. The predicted octanol–water partition coefficient (Wildman–Crippen LogP) is 1.28. The molecule has 0 bridgehead atoms. The Bertz CT molecular complexity index is 571. The van der Waals surface area contributed by atoms with Crippen molar-refractivity contribution in [1.29, 1.82) is 0 Å². The fourth-order valence-corrected chi connectivity index (χ4v) is 1.85. The highest BCUT2D eigenvalue weighted by Crippen LogP contribution is 2.27. The van der Waals surface area contributed by atoms with E-state index in [1.54, 1.807) is 12.1 Å². The van der Waals surface area contributed by atoms with Crippen LogP contribution in [0.4, 0.5) is 5.69 Å². The summed E-state index contributed by atoms with van der Waals surface area (Å²) >= 11 is 0. The van der Waals surface area contributed by atoms with E-state index >= 15 is 0 Å². The van der Waals surface area contributed by atoms with Gasteiger partial charge in [-0.1, -0.05) is 0 Å². The predicted molar refractivity (Wildman–Crippen MR) is 65.6 cm³/mol. The normalized spacial score (nSPS) is 15.1. The maximum absolute atomic E-state index is 11.9. The van der Waals surface area contributed by atoms with Gasteiger partial charge in [-0.15, -0.1) is 0 Å². The lowest BCUT2D eigenvalue weighted by molar-refractivity contribution is 0.0948. The smallest absolute Gasteiger partial charge is 0.272 e. The van der Waals surface area contributed by atoms with E-state index in [4.69, 9.17) is 5.73 Å². The molecular formula is C12H14N4O. The van der Waals surface area contributed by atoms with Crippen molar-refractivity contribution < 1.29 is 4.79 Å². The molecule has 0 saturated heterocycles. The molecule has 0 unspecified atom stereocenters. The van der Waals surface area contributed by atoms with E-state index in [9.17, 15) is 4.79 Å². The largest absolute Gasteiger partial charge is 0.399 e. The SMILES string of the molecule is Nc1ccc2[nH]nc(C(=O)NCC3CC3)c2c1. The number of H-pyrrole nitrogens is 1. The topological polar surface area (TPSA) is 83.8 Å². The summed E-state index contributed by atoms with van der Waals surface area (Å²) in [5.41, 5.74) is 7.60. The highest BCUT2D eigenvalue weighted by molar-refractivity contribution is 6.05. The fourth-order valence-electron chi connectivity index (χ4n) is 1.85. The molecular weight excluding hydrogens is 216 g/mol. The third-order valence-electron chi connectivity index (χ3n) is 3.05. The van der Waals surface area contributed by atoms with Crippen molar-refractivity contribution in [2.24, 2.45) is 5.92 Å². The second kappa shape index (κ2) is 3.76. The van der Waals surface area contributed by atoms with Crippen LogP contribution in [0.1, 0.15) is 23.3 Å². The van der Waals surface area contributed by atoms with E-state index in [1.807, 2.05) is 6.07 Å². The summed E-state index contributed by atoms with van der Waals surface area (Å²) in [7, 11) is 0. The number of hydrogen-bond donors (Lipinski definition) is 3. The van der Waals surface area contributed by atoms with Crippen LogP contribution in [0.25, 0.3) is 10.9 Å². The molecule has 88 valence electrons. The molecule has 1 aliphatic rings. The van der Waals surface area contributed by atoms with E-state index in [1.165, 1.54) is 12.8 Å². The van der Waals surface area contributed by atoms with Gasteiger partial charge in [-0.05, 0) is 37.0 Å². The van der Waals surface area contributed by atoms with Crippen molar-refractivity contribution in [3.63, 3.8) is 0 Å². The number of fused-ring (bicyclic) bond motifs is 1. The fraction of sp³-hybridized carbons (Fsp3) is 0.333. The molecule has 1 fully saturated rings. The average Bonchev–Trinajstić information content (AvgIpc) is 3.05. The van der Waals surface area contributed by atoms with E-state index in [0.29, 0.717) is 17.3 Å². The zero-order chi connectivity index (χ0) is 11.8. The van der Waals surface area contributed by atoms with E-state index in [0.717, 1.165) is 17.4 Å². The molecule has 17 heavy (non-hydrogen) atoms. The van der Waals surface area contributed by atoms with Gasteiger partial charge in [-0.3, -0.25) is 9.89 Å². The highest BCUT2D eigenvalue weighted by Gasteiger charge is 2.23. The molecule has 1 aliphatic carbocycles. The molecule has 1 amide bonds. The zero-order valence-corrected chi connectivity index (χ0v) is 9.36. The molecule has 5 heteroatoms. The van der Waals surface area contributed by atoms with Crippen molar-refractivity contribution >= 4 is 22.5 Å². The summed E-state index contributed by atoms with van der Waals surface area (Å²) in [5, 5.41) is 10.5. The number of nitrogens with two attached hydrogens (primary N) is 1. The van der Waals surface area contributed by atoms with Crippen LogP contribution in [0.5, 0.6) is 0 Å². The first-order chi connectivity index (χ1) is 8.24. The minimum absolute atomic E-state index is 0.131. The summed E-state index contributed by atoms with van der Waals surface area (Å²) in [5.74, 6) is 0.531. The Balaban J connectivity index is 1.87. The van der Waals surface area contributed by atoms with Gasteiger partial charge in [-0.2, -0.15) is 5.10 Å². The molecule has 1 aromatic heterocycles. The number of anilines is 1. The summed E-state index contributed by atoms with van der Waals surface area (Å²) < 4.78 is 0. The van der Waals surface area contributed by atoms with Crippen LogP contribution in [0.3, 0.4) is 0 Å². The third-order valence-corrected chi connectivity index (χ3v) is 3.05. The Hall–Kier alpha value is -2.04. The molecule has 2 aromatic rings. The monoisotopic (exact) mass is 230 g/mol. The summed E-state index contributed by atoms with van der Waals surface area (Å²) in [4.78, 5) is 11.9. The van der Waals surface area contributed by atoms with E-state index in [-0.39, 0.29) is 5.91 Å². The van der Waals surface area contributed by atoms with Gasteiger partial charge in [0.05, 0.1) is 5.52 Å². The van der Waals surface area contributed by atoms with Gasteiger partial charge < -0.3 is 11.1 Å². The van der Waals surface area contributed by atoms with Crippen LogP contribution in [0.15, 0.2) is 18.2 Å². The summed E-state index contributed by atoms with van der Waals surface area (Å²) in [6.07, 6.45) is 2.43. The lowest BCUT2D eigenvalue weighted by Crippen LogP contribution is -2.26. The van der Waals surface area contributed by atoms with Crippen molar-refractivity contribution in [3.05, 3.63) is 23.9 Å². The van der Waals surface area contributed by atoms with E-state index in [2.05, 4.69) is 15.5 Å². The van der Waals surface area contributed by atoms with Crippen LogP contribution in [0, 0.1) is 5.92 Å². The Kier molecular flexibility index (Phi) is 2.24. The Morgan fingerprint density at radius 3 is 3.12 bits per heavy atom. The quantitative estimate of drug-likeness (QED) is 0.694. The Labute approximate surface area is 98.4 Å². The van der Waals surface area contributed by atoms with Crippen molar-refractivity contribution in [1.82, 2.24) is 15.5 Å². The number of aromatic amines is 1. The van der Waals surface area contributed by atoms with Gasteiger partial charge in [-0.25, -0.2) is 0 Å². The van der Waals surface area contributed by atoms with Crippen molar-refractivity contribution in [3.8, 4) is 0 Å².